The van der Waals surface area contributed by atoms with E-state index in [0.29, 0.717) is 31.0 Å². The second kappa shape index (κ2) is 11.0. The van der Waals surface area contributed by atoms with E-state index in [2.05, 4.69) is 15.2 Å². The molecule has 8 heteroatoms. The Kier molecular flexibility index (Phi) is 7.23. The van der Waals surface area contributed by atoms with Gasteiger partial charge in [0.2, 0.25) is 0 Å². The number of benzene rings is 2. The monoisotopic (exact) mass is 498 g/mol. The number of nitrogens with one attached hydrogen (secondary N) is 1. The molecule has 1 N–H and O–H groups in total. The molecule has 0 bridgehead atoms. The number of hydrogen-bond donors (Lipinski definition) is 1. The van der Waals surface area contributed by atoms with Crippen LogP contribution in [0.1, 0.15) is 25.6 Å². The summed E-state index contributed by atoms with van der Waals surface area (Å²) in [6.07, 6.45) is 3.49. The Morgan fingerprint density at radius 3 is 2.36 bits per heavy atom. The number of thiophene rings is 1. The van der Waals surface area contributed by atoms with E-state index < -0.39 is 0 Å². The van der Waals surface area contributed by atoms with Gasteiger partial charge in [-0.15, -0.1) is 11.3 Å². The highest BCUT2D eigenvalue weighted by Gasteiger charge is 2.22. The number of anilines is 2. The molecule has 1 saturated heterocycles. The maximum Gasteiger partial charge on any atom is 0.264 e. The predicted molar refractivity (Wildman–Crippen MR) is 142 cm³/mol. The Balaban J connectivity index is 1.11. The van der Waals surface area contributed by atoms with Crippen molar-refractivity contribution in [3.05, 3.63) is 107 Å². The fraction of sp³-hybridized carbons (Fsp3) is 0.179. The molecule has 182 valence electrons. The highest BCUT2D eigenvalue weighted by Crippen LogP contribution is 2.22. The third-order valence-corrected chi connectivity index (χ3v) is 6.89. The molecule has 0 atom stereocenters. The molecule has 1 fully saturated rings. The molecule has 0 radical (unpaired) electrons. The van der Waals surface area contributed by atoms with Gasteiger partial charge in [-0.1, -0.05) is 12.1 Å². The van der Waals surface area contributed by atoms with Crippen molar-refractivity contribution in [3.8, 4) is 5.75 Å². The SMILES string of the molecule is O=C(Nc1ccc(N2CCN(C(=O)c3cccs3)CC2)cc1)c1ccc(OCc2cccnc2)cc1. The number of amides is 2. The van der Waals surface area contributed by atoms with Gasteiger partial charge in [0.15, 0.2) is 0 Å². The summed E-state index contributed by atoms with van der Waals surface area (Å²) in [4.78, 5) is 34.3. The van der Waals surface area contributed by atoms with Crippen molar-refractivity contribution in [3.63, 3.8) is 0 Å². The molecule has 2 amide bonds. The highest BCUT2D eigenvalue weighted by atomic mass is 32.1. The Labute approximate surface area is 214 Å². The maximum absolute atomic E-state index is 12.7. The molecule has 0 saturated carbocycles. The van der Waals surface area contributed by atoms with E-state index in [1.807, 2.05) is 58.8 Å². The zero-order chi connectivity index (χ0) is 24.7. The molecule has 4 aromatic rings. The van der Waals surface area contributed by atoms with E-state index in [-0.39, 0.29) is 11.8 Å². The number of carbonyl (C=O) groups excluding carboxylic acids is 2. The molecule has 1 aliphatic heterocycles. The van der Waals surface area contributed by atoms with Crippen LogP contribution in [-0.2, 0) is 6.61 Å². The van der Waals surface area contributed by atoms with Gasteiger partial charge >= 0.3 is 0 Å². The van der Waals surface area contributed by atoms with Crippen LogP contribution in [0, 0.1) is 0 Å². The molecule has 1 aliphatic rings. The first kappa shape index (κ1) is 23.6. The summed E-state index contributed by atoms with van der Waals surface area (Å²) in [6.45, 7) is 3.36. The first-order valence-corrected chi connectivity index (χ1v) is 12.6. The zero-order valence-corrected chi connectivity index (χ0v) is 20.5. The fourth-order valence-corrected chi connectivity index (χ4v) is 4.73. The smallest absolute Gasteiger partial charge is 0.264 e. The van der Waals surface area contributed by atoms with Crippen LogP contribution in [0.25, 0.3) is 0 Å². The number of ether oxygens (including phenoxy) is 1. The van der Waals surface area contributed by atoms with E-state index in [1.165, 1.54) is 11.3 Å². The third kappa shape index (κ3) is 5.72. The van der Waals surface area contributed by atoms with Gasteiger partial charge in [-0.2, -0.15) is 0 Å². The molecule has 3 heterocycles. The molecule has 0 aliphatic carbocycles. The van der Waals surface area contributed by atoms with Gasteiger partial charge < -0.3 is 19.9 Å². The summed E-state index contributed by atoms with van der Waals surface area (Å²) in [5, 5.41) is 4.87. The molecular formula is C28H26N4O3S. The van der Waals surface area contributed by atoms with E-state index in [1.54, 1.807) is 36.7 Å². The summed E-state index contributed by atoms with van der Waals surface area (Å²) in [6, 6.07) is 22.5. The summed E-state index contributed by atoms with van der Waals surface area (Å²) in [5.41, 5.74) is 3.34. The lowest BCUT2D eigenvalue weighted by atomic mass is 10.2. The van der Waals surface area contributed by atoms with Crippen LogP contribution < -0.4 is 15.0 Å². The number of nitrogens with zero attached hydrogens (tertiary/aromatic N) is 3. The highest BCUT2D eigenvalue weighted by molar-refractivity contribution is 7.12. The molecule has 2 aromatic heterocycles. The van der Waals surface area contributed by atoms with Crippen molar-refractivity contribution in [2.45, 2.75) is 6.61 Å². The first-order valence-electron chi connectivity index (χ1n) is 11.8. The average molecular weight is 499 g/mol. The van der Waals surface area contributed by atoms with Crippen molar-refractivity contribution in [2.24, 2.45) is 0 Å². The molecular weight excluding hydrogens is 472 g/mol. The average Bonchev–Trinajstić information content (AvgIpc) is 3.48. The molecule has 36 heavy (non-hydrogen) atoms. The first-order chi connectivity index (χ1) is 17.7. The van der Waals surface area contributed by atoms with Crippen molar-refractivity contribution in [1.82, 2.24) is 9.88 Å². The van der Waals surface area contributed by atoms with Crippen LogP contribution in [0.15, 0.2) is 90.6 Å². The quantitative estimate of drug-likeness (QED) is 0.391. The Hall–Kier alpha value is -4.17. The Morgan fingerprint density at radius 1 is 0.917 bits per heavy atom. The lowest BCUT2D eigenvalue weighted by Crippen LogP contribution is -2.48. The van der Waals surface area contributed by atoms with E-state index in [4.69, 9.17) is 4.74 Å². The molecule has 7 nitrogen and oxygen atoms in total. The number of pyridine rings is 1. The fourth-order valence-electron chi connectivity index (χ4n) is 4.04. The van der Waals surface area contributed by atoms with Gasteiger partial charge in [0.1, 0.15) is 12.4 Å². The van der Waals surface area contributed by atoms with E-state index in [0.717, 1.165) is 34.9 Å². The van der Waals surface area contributed by atoms with E-state index in [9.17, 15) is 9.59 Å². The van der Waals surface area contributed by atoms with Gasteiger partial charge in [0, 0.05) is 61.1 Å². The topological polar surface area (TPSA) is 74.8 Å². The van der Waals surface area contributed by atoms with Crippen LogP contribution in [-0.4, -0.2) is 47.9 Å². The zero-order valence-electron chi connectivity index (χ0n) is 19.7. The normalized spacial score (nSPS) is 13.3. The minimum absolute atomic E-state index is 0.107. The van der Waals surface area contributed by atoms with Crippen LogP contribution in [0.3, 0.4) is 0 Å². The predicted octanol–water partition coefficient (Wildman–Crippen LogP) is 4.94. The molecule has 0 spiro atoms. The van der Waals surface area contributed by atoms with Crippen LogP contribution in [0.2, 0.25) is 0 Å². The van der Waals surface area contributed by atoms with Gasteiger partial charge in [0.05, 0.1) is 4.88 Å². The van der Waals surface area contributed by atoms with Crippen LogP contribution in [0.5, 0.6) is 5.75 Å². The summed E-state index contributed by atoms with van der Waals surface area (Å²) >= 11 is 1.48. The summed E-state index contributed by atoms with van der Waals surface area (Å²) in [5.74, 6) is 0.620. The van der Waals surface area contributed by atoms with Crippen molar-refractivity contribution in [2.75, 3.05) is 36.4 Å². The van der Waals surface area contributed by atoms with Crippen molar-refractivity contribution >= 4 is 34.5 Å². The lowest BCUT2D eigenvalue weighted by Gasteiger charge is -2.36. The summed E-state index contributed by atoms with van der Waals surface area (Å²) in [7, 11) is 0. The number of carbonyl (C=O) groups is 2. The van der Waals surface area contributed by atoms with Gasteiger partial charge in [-0.25, -0.2) is 0 Å². The largest absolute Gasteiger partial charge is 0.489 e. The second-order valence-electron chi connectivity index (χ2n) is 8.43. The van der Waals surface area contributed by atoms with Gasteiger partial charge in [0.25, 0.3) is 11.8 Å². The maximum atomic E-state index is 12.7. The summed E-state index contributed by atoms with van der Waals surface area (Å²) < 4.78 is 5.76. The minimum atomic E-state index is -0.178. The standard InChI is InChI=1S/C28H26N4O3S/c33-27(22-5-11-25(12-6-22)35-20-21-3-1-13-29-19-21)30-23-7-9-24(10-8-23)31-14-16-32(17-15-31)28(34)26-4-2-18-36-26/h1-13,18-19H,14-17,20H2,(H,30,33). The van der Waals surface area contributed by atoms with Crippen molar-refractivity contribution in [1.29, 1.82) is 0 Å². The van der Waals surface area contributed by atoms with Crippen molar-refractivity contribution < 1.29 is 14.3 Å². The van der Waals surface area contributed by atoms with E-state index >= 15 is 0 Å². The van der Waals surface area contributed by atoms with Crippen LogP contribution >= 0.6 is 11.3 Å². The third-order valence-electron chi connectivity index (χ3n) is 6.03. The molecule has 5 rings (SSSR count). The lowest BCUT2D eigenvalue weighted by molar-refractivity contribution is 0.0751. The number of piperazine rings is 1. The molecule has 0 unspecified atom stereocenters. The van der Waals surface area contributed by atoms with Gasteiger partial charge in [-0.05, 0) is 66.0 Å². The number of rotatable bonds is 7. The van der Waals surface area contributed by atoms with Crippen LogP contribution in [0.4, 0.5) is 11.4 Å². The number of hydrogen-bond acceptors (Lipinski definition) is 6. The minimum Gasteiger partial charge on any atom is -0.489 e. The molecule has 2 aromatic carbocycles. The number of aromatic nitrogens is 1. The Morgan fingerprint density at radius 2 is 1.69 bits per heavy atom. The second-order valence-corrected chi connectivity index (χ2v) is 9.38. The Bertz CT molecular complexity index is 1290. The van der Waals surface area contributed by atoms with Gasteiger partial charge in [-0.3, -0.25) is 14.6 Å².